The zero-order valence-electron chi connectivity index (χ0n) is 10.4. The van der Waals surface area contributed by atoms with Crippen molar-refractivity contribution in [2.45, 2.75) is 0 Å². The van der Waals surface area contributed by atoms with Gasteiger partial charge in [0, 0.05) is 32.1 Å². The van der Waals surface area contributed by atoms with Gasteiger partial charge in [-0.1, -0.05) is 0 Å². The van der Waals surface area contributed by atoms with Crippen LogP contribution in [0.15, 0.2) is 35.2 Å². The van der Waals surface area contributed by atoms with Crippen LogP contribution >= 0.6 is 15.9 Å². The van der Waals surface area contributed by atoms with E-state index in [2.05, 4.69) is 36.1 Å². The van der Waals surface area contributed by atoms with Gasteiger partial charge in [-0.15, -0.1) is 0 Å². The number of hydrogen-bond donors (Lipinski definition) is 0. The average molecular weight is 319 g/mol. The van der Waals surface area contributed by atoms with Crippen molar-refractivity contribution in [1.82, 2.24) is 24.8 Å². The van der Waals surface area contributed by atoms with Crippen molar-refractivity contribution in [2.24, 2.45) is 0 Å². The van der Waals surface area contributed by atoms with E-state index in [1.807, 2.05) is 31.1 Å². The highest BCUT2D eigenvalue weighted by molar-refractivity contribution is 9.10. The number of halogens is 1. The Morgan fingerprint density at radius 1 is 1.21 bits per heavy atom. The van der Waals surface area contributed by atoms with Crippen LogP contribution in [0.1, 0.15) is 0 Å². The fourth-order valence-corrected chi connectivity index (χ4v) is 2.18. The van der Waals surface area contributed by atoms with Crippen molar-refractivity contribution >= 4 is 27.4 Å². The van der Waals surface area contributed by atoms with Crippen LogP contribution in [0.25, 0.3) is 16.8 Å². The van der Waals surface area contributed by atoms with Gasteiger partial charge in [0.05, 0.1) is 21.9 Å². The Bertz CT molecular complexity index is 736. The second-order valence-electron chi connectivity index (χ2n) is 4.22. The van der Waals surface area contributed by atoms with Crippen molar-refractivity contribution in [3.63, 3.8) is 0 Å². The van der Waals surface area contributed by atoms with Crippen molar-refractivity contribution < 1.29 is 0 Å². The molecule has 0 amide bonds. The highest BCUT2D eigenvalue weighted by Gasteiger charge is 2.13. The third-order valence-corrected chi connectivity index (χ3v) is 3.27. The van der Waals surface area contributed by atoms with Gasteiger partial charge in [0.15, 0.2) is 0 Å². The van der Waals surface area contributed by atoms with Crippen molar-refractivity contribution in [3.05, 3.63) is 35.2 Å². The molecule has 0 aromatic carbocycles. The van der Waals surface area contributed by atoms with Crippen molar-refractivity contribution in [2.75, 3.05) is 19.0 Å². The first-order valence-corrected chi connectivity index (χ1v) is 6.45. The molecular weight excluding hydrogens is 308 g/mol. The van der Waals surface area contributed by atoms with Gasteiger partial charge in [-0.05, 0) is 28.1 Å². The summed E-state index contributed by atoms with van der Waals surface area (Å²) in [6.45, 7) is 0. The number of nitrogens with zero attached hydrogens (tertiary/aromatic N) is 6. The summed E-state index contributed by atoms with van der Waals surface area (Å²) in [4.78, 5) is 10.7. The first-order chi connectivity index (χ1) is 9.16. The quantitative estimate of drug-likeness (QED) is 0.723. The summed E-state index contributed by atoms with van der Waals surface area (Å²) in [5.41, 5.74) is 2.64. The largest absolute Gasteiger partial charge is 0.347 e. The monoisotopic (exact) mass is 318 g/mol. The lowest BCUT2D eigenvalue weighted by atomic mass is 10.2. The Balaban J connectivity index is 2.23. The van der Waals surface area contributed by atoms with Crippen LogP contribution in [-0.2, 0) is 0 Å². The summed E-state index contributed by atoms with van der Waals surface area (Å²) < 4.78 is 2.41. The average Bonchev–Trinajstić information content (AvgIpc) is 2.83. The normalized spacial score (nSPS) is 10.9. The lowest BCUT2D eigenvalue weighted by Gasteiger charge is -2.11. The van der Waals surface area contributed by atoms with Crippen molar-refractivity contribution in [3.8, 4) is 11.3 Å². The lowest BCUT2D eigenvalue weighted by Crippen LogP contribution is -2.12. The zero-order valence-corrected chi connectivity index (χ0v) is 12.0. The maximum Gasteiger partial charge on any atom is 0.225 e. The maximum absolute atomic E-state index is 4.55. The molecule has 0 fully saturated rings. The summed E-state index contributed by atoms with van der Waals surface area (Å²) in [6.07, 6.45) is 5.20. The lowest BCUT2D eigenvalue weighted by molar-refractivity contribution is 0.800. The number of hydrogen-bond acceptors (Lipinski definition) is 5. The molecule has 0 saturated carbocycles. The number of anilines is 1. The first kappa shape index (κ1) is 12.0. The Morgan fingerprint density at radius 3 is 2.84 bits per heavy atom. The molecule has 0 saturated heterocycles. The molecule has 0 atom stereocenters. The van der Waals surface area contributed by atoms with Gasteiger partial charge in [0.1, 0.15) is 0 Å². The van der Waals surface area contributed by atoms with Crippen LogP contribution in [0.5, 0.6) is 0 Å². The Kier molecular flexibility index (Phi) is 2.90. The van der Waals surface area contributed by atoms with Crippen LogP contribution < -0.4 is 4.90 Å². The fraction of sp³-hybridized carbons (Fsp3) is 0.167. The van der Waals surface area contributed by atoms with Gasteiger partial charge in [0.25, 0.3) is 0 Å². The molecule has 7 heteroatoms. The van der Waals surface area contributed by atoms with Gasteiger partial charge < -0.3 is 4.90 Å². The van der Waals surface area contributed by atoms with E-state index < -0.39 is 0 Å². The minimum Gasteiger partial charge on any atom is -0.347 e. The SMILES string of the molecule is CN(C)c1ncc(Br)c(-c2cnn3ncccc23)n1. The van der Waals surface area contributed by atoms with Gasteiger partial charge in [0.2, 0.25) is 5.95 Å². The molecule has 6 nitrogen and oxygen atoms in total. The summed E-state index contributed by atoms with van der Waals surface area (Å²) in [7, 11) is 3.81. The van der Waals surface area contributed by atoms with Crippen molar-refractivity contribution in [1.29, 1.82) is 0 Å². The fourth-order valence-electron chi connectivity index (χ4n) is 1.78. The summed E-state index contributed by atoms with van der Waals surface area (Å²) in [5, 5.41) is 8.37. The third kappa shape index (κ3) is 2.06. The molecule has 3 heterocycles. The molecule has 0 spiro atoms. The van der Waals surface area contributed by atoms with Crippen LogP contribution in [-0.4, -0.2) is 38.9 Å². The molecule has 0 N–H and O–H groups in total. The van der Waals surface area contributed by atoms with E-state index in [1.54, 1.807) is 23.2 Å². The highest BCUT2D eigenvalue weighted by atomic mass is 79.9. The predicted molar refractivity (Wildman–Crippen MR) is 76.0 cm³/mol. The second kappa shape index (κ2) is 4.58. The van der Waals surface area contributed by atoms with Crippen LogP contribution in [0.2, 0.25) is 0 Å². The Morgan fingerprint density at radius 2 is 2.05 bits per heavy atom. The molecule has 0 unspecified atom stereocenters. The minimum atomic E-state index is 0.654. The molecule has 0 bridgehead atoms. The smallest absolute Gasteiger partial charge is 0.225 e. The van der Waals surface area contributed by atoms with E-state index in [0.717, 1.165) is 21.2 Å². The molecule has 19 heavy (non-hydrogen) atoms. The number of aromatic nitrogens is 5. The van der Waals surface area contributed by atoms with E-state index in [4.69, 9.17) is 0 Å². The molecule has 0 aliphatic rings. The number of rotatable bonds is 2. The molecule has 0 radical (unpaired) electrons. The minimum absolute atomic E-state index is 0.654. The topological polar surface area (TPSA) is 59.2 Å². The van der Waals surface area contributed by atoms with E-state index in [0.29, 0.717) is 5.95 Å². The molecule has 0 aliphatic carbocycles. The summed E-state index contributed by atoms with van der Waals surface area (Å²) in [5.74, 6) is 0.654. The zero-order chi connectivity index (χ0) is 13.4. The van der Waals surface area contributed by atoms with Gasteiger partial charge in [-0.25, -0.2) is 9.97 Å². The predicted octanol–water partition coefficient (Wildman–Crippen LogP) is 2.01. The van der Waals surface area contributed by atoms with Crippen LogP contribution in [0, 0.1) is 0 Å². The standard InChI is InChI=1S/C12H11BrN6/c1-18(2)12-14-7-9(13)11(17-12)8-6-16-19-10(8)4-3-5-15-19/h3-7H,1-2H3. The van der Waals surface area contributed by atoms with E-state index in [9.17, 15) is 0 Å². The van der Waals surface area contributed by atoms with E-state index in [-0.39, 0.29) is 0 Å². The summed E-state index contributed by atoms with van der Waals surface area (Å²) in [6, 6.07) is 3.84. The van der Waals surface area contributed by atoms with Crippen LogP contribution in [0.3, 0.4) is 0 Å². The first-order valence-electron chi connectivity index (χ1n) is 5.66. The van der Waals surface area contributed by atoms with E-state index >= 15 is 0 Å². The molecule has 0 aliphatic heterocycles. The molecule has 3 rings (SSSR count). The maximum atomic E-state index is 4.55. The Hall–Kier alpha value is -2.02. The molecule has 3 aromatic rings. The molecular formula is C12H11BrN6. The summed E-state index contributed by atoms with van der Waals surface area (Å²) >= 11 is 3.49. The molecule has 96 valence electrons. The van der Waals surface area contributed by atoms with E-state index in [1.165, 1.54) is 0 Å². The van der Waals surface area contributed by atoms with Crippen LogP contribution in [0.4, 0.5) is 5.95 Å². The van der Waals surface area contributed by atoms with Gasteiger partial charge in [-0.2, -0.15) is 14.8 Å². The third-order valence-electron chi connectivity index (χ3n) is 2.69. The van der Waals surface area contributed by atoms with Gasteiger partial charge >= 0.3 is 0 Å². The highest BCUT2D eigenvalue weighted by Crippen LogP contribution is 2.29. The number of fused-ring (bicyclic) bond motifs is 1. The second-order valence-corrected chi connectivity index (χ2v) is 5.07. The van der Waals surface area contributed by atoms with Gasteiger partial charge in [-0.3, -0.25) is 0 Å². The molecule has 3 aromatic heterocycles. The Labute approximate surface area is 118 Å².